The van der Waals surface area contributed by atoms with Crippen molar-refractivity contribution < 1.29 is 4.74 Å². The van der Waals surface area contributed by atoms with E-state index in [1.165, 1.54) is 11.1 Å². The number of benzene rings is 1. The van der Waals surface area contributed by atoms with Crippen LogP contribution in [-0.2, 0) is 13.0 Å². The van der Waals surface area contributed by atoms with Gasteiger partial charge in [0.15, 0.2) is 0 Å². The maximum absolute atomic E-state index is 6.01. The Bertz CT molecular complexity index is 325. The summed E-state index contributed by atoms with van der Waals surface area (Å²) < 4.78 is 5.27. The minimum Gasteiger partial charge on any atom is -0.495 e. The molecule has 1 heterocycles. The van der Waals surface area contributed by atoms with Crippen LogP contribution in [0.3, 0.4) is 0 Å². The molecule has 2 nitrogen and oxygen atoms in total. The first-order valence-electron chi connectivity index (χ1n) is 4.38. The third-order valence-electron chi connectivity index (χ3n) is 2.39. The minimum absolute atomic E-state index is 0.699. The van der Waals surface area contributed by atoms with E-state index in [9.17, 15) is 0 Å². The van der Waals surface area contributed by atoms with Crippen LogP contribution in [-0.4, -0.2) is 13.7 Å². The zero-order chi connectivity index (χ0) is 9.26. The van der Waals surface area contributed by atoms with Crippen LogP contribution < -0.4 is 10.1 Å². The fourth-order valence-corrected chi connectivity index (χ4v) is 1.98. The van der Waals surface area contributed by atoms with E-state index in [4.69, 9.17) is 16.3 Å². The maximum Gasteiger partial charge on any atom is 0.142 e. The predicted octanol–water partition coefficient (Wildman–Crippen LogP) is 1.99. The quantitative estimate of drug-likeness (QED) is 0.744. The van der Waals surface area contributed by atoms with Gasteiger partial charge in [-0.3, -0.25) is 0 Å². The Morgan fingerprint density at radius 1 is 1.46 bits per heavy atom. The van der Waals surface area contributed by atoms with E-state index in [0.717, 1.165) is 25.3 Å². The van der Waals surface area contributed by atoms with Crippen LogP contribution in [0.5, 0.6) is 5.75 Å². The molecule has 0 radical (unpaired) electrons. The molecular weight excluding hydrogens is 186 g/mol. The first kappa shape index (κ1) is 8.85. The highest BCUT2D eigenvalue weighted by molar-refractivity contribution is 6.32. The van der Waals surface area contributed by atoms with E-state index in [1.807, 2.05) is 6.07 Å². The molecule has 0 fully saturated rings. The summed E-state index contributed by atoms with van der Waals surface area (Å²) in [5.74, 6) is 0.825. The fraction of sp³-hybridized carbons (Fsp3) is 0.400. The van der Waals surface area contributed by atoms with Gasteiger partial charge in [-0.25, -0.2) is 0 Å². The number of halogens is 1. The number of nitrogens with one attached hydrogen (secondary N) is 1. The highest BCUT2D eigenvalue weighted by atomic mass is 35.5. The number of rotatable bonds is 1. The van der Waals surface area contributed by atoms with Gasteiger partial charge in [0.2, 0.25) is 0 Å². The molecule has 1 aromatic rings. The predicted molar refractivity (Wildman–Crippen MR) is 53.4 cm³/mol. The Hall–Kier alpha value is -0.730. The number of fused-ring (bicyclic) bond motifs is 1. The molecule has 0 saturated carbocycles. The number of ether oxygens (including phenoxy) is 1. The normalized spacial score (nSPS) is 15.2. The lowest BCUT2D eigenvalue weighted by molar-refractivity contribution is 0.405. The van der Waals surface area contributed by atoms with Gasteiger partial charge in [-0.1, -0.05) is 17.7 Å². The monoisotopic (exact) mass is 197 g/mol. The molecule has 0 saturated heterocycles. The third-order valence-corrected chi connectivity index (χ3v) is 2.68. The highest BCUT2D eigenvalue weighted by Crippen LogP contribution is 2.32. The summed E-state index contributed by atoms with van der Waals surface area (Å²) in [7, 11) is 1.66. The van der Waals surface area contributed by atoms with Gasteiger partial charge in [0, 0.05) is 12.1 Å². The molecule has 1 aliphatic heterocycles. The maximum atomic E-state index is 6.01. The lowest BCUT2D eigenvalue weighted by atomic mass is 10.0. The summed E-state index contributed by atoms with van der Waals surface area (Å²) >= 11 is 6.01. The van der Waals surface area contributed by atoms with Gasteiger partial charge in [-0.2, -0.15) is 0 Å². The second-order valence-corrected chi connectivity index (χ2v) is 3.55. The van der Waals surface area contributed by atoms with Crippen LogP contribution in [0.2, 0.25) is 5.02 Å². The lowest BCUT2D eigenvalue weighted by Crippen LogP contribution is -2.24. The summed E-state index contributed by atoms with van der Waals surface area (Å²) in [6, 6.07) is 3.99. The van der Waals surface area contributed by atoms with Gasteiger partial charge in [-0.15, -0.1) is 0 Å². The Morgan fingerprint density at radius 2 is 2.31 bits per heavy atom. The van der Waals surface area contributed by atoms with Gasteiger partial charge in [0.25, 0.3) is 0 Å². The Balaban J connectivity index is 2.52. The first-order chi connectivity index (χ1) is 6.33. The van der Waals surface area contributed by atoms with E-state index < -0.39 is 0 Å². The highest BCUT2D eigenvalue weighted by Gasteiger charge is 2.15. The van der Waals surface area contributed by atoms with Crippen LogP contribution in [0.25, 0.3) is 0 Å². The molecule has 1 aliphatic rings. The van der Waals surface area contributed by atoms with Crippen molar-refractivity contribution in [2.24, 2.45) is 0 Å². The van der Waals surface area contributed by atoms with Crippen LogP contribution >= 0.6 is 11.6 Å². The van der Waals surface area contributed by atoms with Gasteiger partial charge in [-0.05, 0) is 24.6 Å². The van der Waals surface area contributed by atoms with Crippen LogP contribution in [0.4, 0.5) is 0 Å². The lowest BCUT2D eigenvalue weighted by Gasteiger charge is -2.20. The average Bonchev–Trinajstić information content (AvgIpc) is 2.18. The molecule has 0 bridgehead atoms. The van der Waals surface area contributed by atoms with E-state index in [2.05, 4.69) is 11.4 Å². The third kappa shape index (κ3) is 1.52. The summed E-state index contributed by atoms with van der Waals surface area (Å²) in [5, 5.41) is 4.00. The topological polar surface area (TPSA) is 21.3 Å². The number of hydrogen-bond donors (Lipinski definition) is 1. The zero-order valence-corrected chi connectivity index (χ0v) is 8.32. The van der Waals surface area contributed by atoms with Crippen molar-refractivity contribution in [2.45, 2.75) is 13.0 Å². The summed E-state index contributed by atoms with van der Waals surface area (Å²) in [6.45, 7) is 1.90. The SMILES string of the molecule is COc1c(Cl)ccc2c1CNCC2. The molecule has 1 aromatic carbocycles. The molecule has 0 unspecified atom stereocenters. The van der Waals surface area contributed by atoms with Gasteiger partial charge in [0.1, 0.15) is 5.75 Å². The molecule has 0 aliphatic carbocycles. The van der Waals surface area contributed by atoms with Crippen molar-refractivity contribution in [3.8, 4) is 5.75 Å². The van der Waals surface area contributed by atoms with Crippen molar-refractivity contribution in [1.29, 1.82) is 0 Å². The number of methoxy groups -OCH3 is 1. The number of hydrogen-bond acceptors (Lipinski definition) is 2. The van der Waals surface area contributed by atoms with Gasteiger partial charge < -0.3 is 10.1 Å². The molecule has 0 amide bonds. The van der Waals surface area contributed by atoms with Crippen LogP contribution in [0.15, 0.2) is 12.1 Å². The molecule has 70 valence electrons. The fourth-order valence-electron chi connectivity index (χ4n) is 1.73. The zero-order valence-electron chi connectivity index (χ0n) is 7.56. The molecule has 13 heavy (non-hydrogen) atoms. The van der Waals surface area contributed by atoms with Crippen LogP contribution in [0.1, 0.15) is 11.1 Å². The second-order valence-electron chi connectivity index (χ2n) is 3.15. The molecule has 1 N–H and O–H groups in total. The molecular formula is C10H12ClNO. The van der Waals surface area contributed by atoms with E-state index in [-0.39, 0.29) is 0 Å². The summed E-state index contributed by atoms with van der Waals surface area (Å²) in [4.78, 5) is 0. The van der Waals surface area contributed by atoms with E-state index in [1.54, 1.807) is 7.11 Å². The van der Waals surface area contributed by atoms with Crippen molar-refractivity contribution >= 4 is 11.6 Å². The van der Waals surface area contributed by atoms with Crippen molar-refractivity contribution in [3.05, 3.63) is 28.3 Å². The molecule has 0 aromatic heterocycles. The molecule has 3 heteroatoms. The summed E-state index contributed by atoms with van der Waals surface area (Å²) in [5.41, 5.74) is 2.56. The smallest absolute Gasteiger partial charge is 0.142 e. The average molecular weight is 198 g/mol. The molecule has 0 spiro atoms. The Labute approximate surface area is 82.9 Å². The van der Waals surface area contributed by atoms with E-state index >= 15 is 0 Å². The summed E-state index contributed by atoms with van der Waals surface area (Å²) in [6.07, 6.45) is 1.06. The van der Waals surface area contributed by atoms with Crippen molar-refractivity contribution in [1.82, 2.24) is 5.32 Å². The van der Waals surface area contributed by atoms with Gasteiger partial charge in [0.05, 0.1) is 12.1 Å². The van der Waals surface area contributed by atoms with E-state index in [0.29, 0.717) is 5.02 Å². The molecule has 0 atom stereocenters. The standard InChI is InChI=1S/C10H12ClNO/c1-13-10-8-6-12-5-4-7(8)2-3-9(10)11/h2-3,12H,4-6H2,1H3. The Kier molecular flexibility index (Phi) is 2.42. The minimum atomic E-state index is 0.699. The Morgan fingerprint density at radius 3 is 3.08 bits per heavy atom. The van der Waals surface area contributed by atoms with Crippen molar-refractivity contribution in [2.75, 3.05) is 13.7 Å². The van der Waals surface area contributed by atoms with Gasteiger partial charge >= 0.3 is 0 Å². The largest absolute Gasteiger partial charge is 0.495 e. The molecule has 2 rings (SSSR count). The van der Waals surface area contributed by atoms with Crippen molar-refractivity contribution in [3.63, 3.8) is 0 Å². The second kappa shape index (κ2) is 3.56. The van der Waals surface area contributed by atoms with Crippen LogP contribution in [0, 0.1) is 0 Å². The first-order valence-corrected chi connectivity index (χ1v) is 4.75.